The zero-order valence-corrected chi connectivity index (χ0v) is 12.5. The molecule has 2 atom stereocenters. The molecule has 0 aromatic carbocycles. The first-order valence-electron chi connectivity index (χ1n) is 7.96. The largest absolute Gasteiger partial charge is 0.367 e. The van der Waals surface area contributed by atoms with E-state index in [9.17, 15) is 0 Å². The van der Waals surface area contributed by atoms with Crippen molar-refractivity contribution in [3.05, 3.63) is 11.7 Å². The SMILES string of the molecule is CCOC1(c2noc(C3NCCC3C)n2)CCCCC1. The van der Waals surface area contributed by atoms with Crippen molar-refractivity contribution < 1.29 is 9.26 Å². The summed E-state index contributed by atoms with van der Waals surface area (Å²) in [7, 11) is 0. The fourth-order valence-corrected chi connectivity index (χ4v) is 3.54. The van der Waals surface area contributed by atoms with Crippen LogP contribution in [0.4, 0.5) is 0 Å². The van der Waals surface area contributed by atoms with Gasteiger partial charge in [0, 0.05) is 6.61 Å². The van der Waals surface area contributed by atoms with Crippen LogP contribution >= 0.6 is 0 Å². The summed E-state index contributed by atoms with van der Waals surface area (Å²) in [6.45, 7) is 5.99. The van der Waals surface area contributed by atoms with Gasteiger partial charge in [-0.05, 0) is 38.6 Å². The highest BCUT2D eigenvalue weighted by molar-refractivity contribution is 5.06. The van der Waals surface area contributed by atoms with Crippen LogP contribution in [0.3, 0.4) is 0 Å². The van der Waals surface area contributed by atoms with Crippen molar-refractivity contribution in [2.75, 3.05) is 13.2 Å². The topological polar surface area (TPSA) is 60.2 Å². The van der Waals surface area contributed by atoms with Gasteiger partial charge in [-0.15, -0.1) is 0 Å². The van der Waals surface area contributed by atoms with Crippen molar-refractivity contribution in [3.63, 3.8) is 0 Å². The van der Waals surface area contributed by atoms with Gasteiger partial charge in [0.05, 0.1) is 6.04 Å². The number of rotatable bonds is 4. The minimum atomic E-state index is -0.309. The van der Waals surface area contributed by atoms with E-state index in [4.69, 9.17) is 14.2 Å². The van der Waals surface area contributed by atoms with E-state index in [0.29, 0.717) is 12.5 Å². The van der Waals surface area contributed by atoms with E-state index >= 15 is 0 Å². The molecule has 1 N–H and O–H groups in total. The average molecular weight is 279 g/mol. The molecule has 2 fully saturated rings. The number of nitrogens with one attached hydrogen (secondary N) is 1. The van der Waals surface area contributed by atoms with Crippen LogP contribution in [0.15, 0.2) is 4.52 Å². The Labute approximate surface area is 120 Å². The molecule has 1 aliphatic carbocycles. The van der Waals surface area contributed by atoms with E-state index in [0.717, 1.165) is 31.1 Å². The third kappa shape index (κ3) is 2.49. The first-order chi connectivity index (χ1) is 9.75. The van der Waals surface area contributed by atoms with Gasteiger partial charge in [-0.25, -0.2) is 0 Å². The summed E-state index contributed by atoms with van der Waals surface area (Å²) in [6, 6.07) is 0.207. The van der Waals surface area contributed by atoms with Gasteiger partial charge in [0.25, 0.3) is 0 Å². The minimum Gasteiger partial charge on any atom is -0.367 e. The summed E-state index contributed by atoms with van der Waals surface area (Å²) in [5, 5.41) is 7.70. The average Bonchev–Trinajstić information content (AvgIpc) is 3.08. The number of aromatic nitrogens is 2. The molecule has 2 aliphatic rings. The highest BCUT2D eigenvalue weighted by atomic mass is 16.5. The van der Waals surface area contributed by atoms with E-state index in [1.165, 1.54) is 25.7 Å². The molecule has 112 valence electrons. The Balaban J connectivity index is 1.83. The maximum absolute atomic E-state index is 6.05. The van der Waals surface area contributed by atoms with E-state index in [-0.39, 0.29) is 11.6 Å². The Bertz CT molecular complexity index is 435. The zero-order valence-electron chi connectivity index (χ0n) is 12.5. The van der Waals surface area contributed by atoms with E-state index in [2.05, 4.69) is 17.4 Å². The molecule has 5 nitrogen and oxygen atoms in total. The molecular weight excluding hydrogens is 254 g/mol. The van der Waals surface area contributed by atoms with Crippen LogP contribution in [0.25, 0.3) is 0 Å². The van der Waals surface area contributed by atoms with Crippen LogP contribution in [-0.2, 0) is 10.3 Å². The van der Waals surface area contributed by atoms with Crippen molar-refractivity contribution in [2.24, 2.45) is 5.92 Å². The van der Waals surface area contributed by atoms with Gasteiger partial charge in [0.1, 0.15) is 5.60 Å². The number of nitrogens with zero attached hydrogens (tertiary/aromatic N) is 2. The maximum Gasteiger partial charge on any atom is 0.244 e. The summed E-state index contributed by atoms with van der Waals surface area (Å²) in [4.78, 5) is 4.69. The highest BCUT2D eigenvalue weighted by Crippen LogP contribution is 2.40. The molecule has 1 saturated heterocycles. The van der Waals surface area contributed by atoms with E-state index < -0.39 is 0 Å². The first kappa shape index (κ1) is 14.0. The molecular formula is C15H25N3O2. The maximum atomic E-state index is 6.05. The quantitative estimate of drug-likeness (QED) is 0.918. The Hall–Kier alpha value is -0.940. The second-order valence-electron chi connectivity index (χ2n) is 6.14. The van der Waals surface area contributed by atoms with Crippen molar-refractivity contribution in [1.29, 1.82) is 0 Å². The first-order valence-corrected chi connectivity index (χ1v) is 7.96. The van der Waals surface area contributed by atoms with Crippen molar-refractivity contribution in [2.45, 2.75) is 64.0 Å². The third-order valence-corrected chi connectivity index (χ3v) is 4.73. The van der Waals surface area contributed by atoms with Gasteiger partial charge in [0.2, 0.25) is 11.7 Å². The van der Waals surface area contributed by atoms with Gasteiger partial charge in [0.15, 0.2) is 0 Å². The Kier molecular flexibility index (Phi) is 4.08. The van der Waals surface area contributed by atoms with Crippen molar-refractivity contribution >= 4 is 0 Å². The lowest BCUT2D eigenvalue weighted by atomic mass is 9.84. The summed E-state index contributed by atoms with van der Waals surface area (Å²) in [5.74, 6) is 2.04. The van der Waals surface area contributed by atoms with Crippen LogP contribution in [0.2, 0.25) is 0 Å². The smallest absolute Gasteiger partial charge is 0.244 e. The molecule has 1 saturated carbocycles. The highest BCUT2D eigenvalue weighted by Gasteiger charge is 2.40. The molecule has 3 rings (SSSR count). The van der Waals surface area contributed by atoms with Crippen LogP contribution in [0.1, 0.15) is 70.1 Å². The molecule has 2 unspecified atom stereocenters. The van der Waals surface area contributed by atoms with Crippen molar-refractivity contribution in [1.82, 2.24) is 15.5 Å². The minimum absolute atomic E-state index is 0.207. The third-order valence-electron chi connectivity index (χ3n) is 4.73. The van der Waals surface area contributed by atoms with Gasteiger partial charge in [-0.3, -0.25) is 0 Å². The van der Waals surface area contributed by atoms with Crippen LogP contribution in [-0.4, -0.2) is 23.3 Å². The second kappa shape index (κ2) is 5.82. The van der Waals surface area contributed by atoms with Gasteiger partial charge in [-0.2, -0.15) is 4.98 Å². The summed E-state index contributed by atoms with van der Waals surface area (Å²) < 4.78 is 11.6. The zero-order chi connectivity index (χ0) is 14.0. The Morgan fingerprint density at radius 2 is 2.15 bits per heavy atom. The predicted molar refractivity (Wildman–Crippen MR) is 75.2 cm³/mol. The normalized spacial score (nSPS) is 29.7. The van der Waals surface area contributed by atoms with Gasteiger partial charge >= 0.3 is 0 Å². The fourth-order valence-electron chi connectivity index (χ4n) is 3.54. The van der Waals surface area contributed by atoms with Crippen LogP contribution in [0, 0.1) is 5.92 Å². The number of ether oxygens (including phenoxy) is 1. The van der Waals surface area contributed by atoms with Crippen LogP contribution in [0.5, 0.6) is 0 Å². The molecule has 0 spiro atoms. The Morgan fingerprint density at radius 1 is 1.35 bits per heavy atom. The molecule has 1 aromatic heterocycles. The lowest BCUT2D eigenvalue weighted by Gasteiger charge is -2.33. The fraction of sp³-hybridized carbons (Fsp3) is 0.867. The lowest BCUT2D eigenvalue weighted by molar-refractivity contribution is -0.0777. The molecule has 1 aromatic rings. The number of hydrogen-bond donors (Lipinski definition) is 1. The summed E-state index contributed by atoms with van der Waals surface area (Å²) in [6.07, 6.45) is 6.82. The summed E-state index contributed by atoms with van der Waals surface area (Å²) in [5.41, 5.74) is -0.309. The lowest BCUT2D eigenvalue weighted by Crippen LogP contribution is -2.33. The van der Waals surface area contributed by atoms with Gasteiger partial charge in [-0.1, -0.05) is 31.3 Å². The second-order valence-corrected chi connectivity index (χ2v) is 6.14. The van der Waals surface area contributed by atoms with Crippen molar-refractivity contribution in [3.8, 4) is 0 Å². The summed E-state index contributed by atoms with van der Waals surface area (Å²) >= 11 is 0. The van der Waals surface area contributed by atoms with E-state index in [1.54, 1.807) is 0 Å². The molecule has 20 heavy (non-hydrogen) atoms. The van der Waals surface area contributed by atoms with E-state index in [1.807, 2.05) is 6.92 Å². The monoisotopic (exact) mass is 279 g/mol. The van der Waals surface area contributed by atoms with Gasteiger partial charge < -0.3 is 14.6 Å². The Morgan fingerprint density at radius 3 is 2.80 bits per heavy atom. The molecule has 5 heteroatoms. The number of hydrogen-bond acceptors (Lipinski definition) is 5. The standard InChI is InChI=1S/C15H25N3O2/c1-3-19-15(8-5-4-6-9-15)14-17-13(20-18-14)12-11(2)7-10-16-12/h11-12,16H,3-10H2,1-2H3. The molecule has 0 amide bonds. The molecule has 0 radical (unpaired) electrons. The molecule has 0 bridgehead atoms. The molecule has 2 heterocycles. The predicted octanol–water partition coefficient (Wildman–Crippen LogP) is 2.94. The van der Waals surface area contributed by atoms with Crippen LogP contribution < -0.4 is 5.32 Å². The molecule has 1 aliphatic heterocycles.